The highest BCUT2D eigenvalue weighted by atomic mass is 79.9. The summed E-state index contributed by atoms with van der Waals surface area (Å²) in [5, 5.41) is 2.94. The topological polar surface area (TPSA) is 54.9 Å². The number of aromatic nitrogens is 2. The first kappa shape index (κ1) is 12.9. The fourth-order valence-corrected chi connectivity index (χ4v) is 1.92. The zero-order valence-electron chi connectivity index (χ0n) is 8.82. The van der Waals surface area contributed by atoms with Gasteiger partial charge < -0.3 is 5.32 Å². The van der Waals surface area contributed by atoms with Gasteiger partial charge in [-0.3, -0.25) is 4.79 Å². The molecule has 0 aliphatic heterocycles. The number of nitrogens with zero attached hydrogens (tertiary/aromatic N) is 2. The molecule has 0 fully saturated rings. The van der Waals surface area contributed by atoms with Gasteiger partial charge in [0.05, 0.1) is 11.3 Å². The van der Waals surface area contributed by atoms with Crippen LogP contribution < -0.4 is 5.32 Å². The van der Waals surface area contributed by atoms with E-state index in [1.54, 1.807) is 0 Å². The molecule has 0 aliphatic rings. The van der Waals surface area contributed by atoms with Crippen molar-refractivity contribution in [2.24, 2.45) is 0 Å². The summed E-state index contributed by atoms with van der Waals surface area (Å²) in [5.41, 5.74) is 0.713. The van der Waals surface area contributed by atoms with Gasteiger partial charge in [0.2, 0.25) is 0 Å². The van der Waals surface area contributed by atoms with Crippen molar-refractivity contribution >= 4 is 45.3 Å². The molecular formula is C11H6BrClFN3O. The van der Waals surface area contributed by atoms with Gasteiger partial charge in [0, 0.05) is 4.47 Å². The lowest BCUT2D eigenvalue weighted by molar-refractivity contribution is 0.112. The van der Waals surface area contributed by atoms with Crippen molar-refractivity contribution in [3.63, 3.8) is 0 Å². The number of anilines is 2. The van der Waals surface area contributed by atoms with Crippen LogP contribution in [0.25, 0.3) is 0 Å². The third-order valence-electron chi connectivity index (χ3n) is 2.14. The third-order valence-corrected chi connectivity index (χ3v) is 3.09. The molecule has 0 aliphatic carbocycles. The van der Waals surface area contributed by atoms with Crippen molar-refractivity contribution in [3.8, 4) is 0 Å². The largest absolute Gasteiger partial charge is 0.339 e. The average Bonchev–Trinajstić information content (AvgIpc) is 2.33. The second-order valence-corrected chi connectivity index (χ2v) is 4.51. The van der Waals surface area contributed by atoms with Crippen LogP contribution in [-0.4, -0.2) is 16.3 Å². The molecule has 0 saturated heterocycles. The van der Waals surface area contributed by atoms with Gasteiger partial charge in [-0.15, -0.1) is 0 Å². The van der Waals surface area contributed by atoms with Crippen LogP contribution >= 0.6 is 27.5 Å². The number of benzene rings is 1. The van der Waals surface area contributed by atoms with Crippen molar-refractivity contribution < 1.29 is 9.18 Å². The van der Waals surface area contributed by atoms with Crippen LogP contribution in [-0.2, 0) is 0 Å². The maximum Gasteiger partial charge on any atom is 0.156 e. The molecule has 0 saturated carbocycles. The molecule has 18 heavy (non-hydrogen) atoms. The molecule has 1 heterocycles. The van der Waals surface area contributed by atoms with Gasteiger partial charge in [0.15, 0.2) is 6.29 Å². The molecule has 0 amide bonds. The lowest BCUT2D eigenvalue weighted by Crippen LogP contribution is -2.01. The molecule has 0 bridgehead atoms. The number of hydrogen-bond acceptors (Lipinski definition) is 4. The average molecular weight is 331 g/mol. The quantitative estimate of drug-likeness (QED) is 0.690. The van der Waals surface area contributed by atoms with Crippen molar-refractivity contribution in [1.29, 1.82) is 0 Å². The maximum atomic E-state index is 12.9. The minimum absolute atomic E-state index is 0.0562. The molecule has 1 aromatic heterocycles. The first-order valence-corrected chi connectivity index (χ1v) is 5.96. The Hall–Kier alpha value is -1.53. The zero-order chi connectivity index (χ0) is 13.1. The van der Waals surface area contributed by atoms with Gasteiger partial charge in [0.25, 0.3) is 0 Å². The summed E-state index contributed by atoms with van der Waals surface area (Å²) in [6.07, 6.45) is 1.79. The minimum atomic E-state index is -0.372. The van der Waals surface area contributed by atoms with Crippen LogP contribution in [0.4, 0.5) is 15.9 Å². The number of nitrogens with one attached hydrogen (secondary N) is 1. The van der Waals surface area contributed by atoms with Crippen LogP contribution in [0.3, 0.4) is 0 Å². The second-order valence-electron chi connectivity index (χ2n) is 3.29. The molecule has 2 aromatic rings. The number of carbonyl (C=O) groups excluding carboxylic acids is 1. The van der Waals surface area contributed by atoms with Crippen LogP contribution in [0.1, 0.15) is 10.4 Å². The van der Waals surface area contributed by atoms with E-state index in [9.17, 15) is 9.18 Å². The van der Waals surface area contributed by atoms with Gasteiger partial charge in [0.1, 0.15) is 23.1 Å². The van der Waals surface area contributed by atoms with E-state index in [2.05, 4.69) is 31.2 Å². The van der Waals surface area contributed by atoms with E-state index in [4.69, 9.17) is 11.6 Å². The van der Waals surface area contributed by atoms with Crippen LogP contribution in [0, 0.1) is 5.82 Å². The van der Waals surface area contributed by atoms with E-state index in [1.165, 1.54) is 24.5 Å². The molecule has 0 spiro atoms. The van der Waals surface area contributed by atoms with Crippen molar-refractivity contribution in [2.75, 3.05) is 5.32 Å². The Morgan fingerprint density at radius 3 is 2.83 bits per heavy atom. The Balaban J connectivity index is 2.40. The highest BCUT2D eigenvalue weighted by Gasteiger charge is 2.10. The Morgan fingerprint density at radius 2 is 2.17 bits per heavy atom. The number of hydrogen-bond donors (Lipinski definition) is 1. The Morgan fingerprint density at radius 1 is 1.39 bits per heavy atom. The van der Waals surface area contributed by atoms with Gasteiger partial charge in [-0.1, -0.05) is 11.6 Å². The summed E-state index contributed by atoms with van der Waals surface area (Å²) < 4.78 is 13.4. The molecule has 1 N–H and O–H groups in total. The van der Waals surface area contributed by atoms with Crippen molar-refractivity contribution in [1.82, 2.24) is 9.97 Å². The van der Waals surface area contributed by atoms with Gasteiger partial charge in [-0.05, 0) is 34.1 Å². The van der Waals surface area contributed by atoms with E-state index in [0.29, 0.717) is 16.4 Å². The van der Waals surface area contributed by atoms with E-state index < -0.39 is 0 Å². The third kappa shape index (κ3) is 2.65. The highest BCUT2D eigenvalue weighted by molar-refractivity contribution is 9.10. The van der Waals surface area contributed by atoms with Crippen molar-refractivity contribution in [3.05, 3.63) is 45.5 Å². The summed E-state index contributed by atoms with van der Waals surface area (Å²) in [6.45, 7) is 0. The molecule has 2 rings (SSSR count). The van der Waals surface area contributed by atoms with Gasteiger partial charge in [-0.2, -0.15) is 0 Å². The fourth-order valence-electron chi connectivity index (χ4n) is 1.30. The van der Waals surface area contributed by atoms with E-state index in [0.717, 1.165) is 0 Å². The Bertz CT molecular complexity index is 609. The van der Waals surface area contributed by atoms with E-state index in [1.807, 2.05) is 0 Å². The molecule has 4 nitrogen and oxygen atoms in total. The monoisotopic (exact) mass is 329 g/mol. The second kappa shape index (κ2) is 5.41. The van der Waals surface area contributed by atoms with Crippen LogP contribution in [0.2, 0.25) is 5.15 Å². The van der Waals surface area contributed by atoms with Crippen LogP contribution in [0.5, 0.6) is 0 Å². The maximum absolute atomic E-state index is 12.9. The summed E-state index contributed by atoms with van der Waals surface area (Å²) >= 11 is 8.97. The summed E-state index contributed by atoms with van der Waals surface area (Å²) in [4.78, 5) is 18.5. The van der Waals surface area contributed by atoms with Crippen LogP contribution in [0.15, 0.2) is 29.0 Å². The summed E-state index contributed by atoms with van der Waals surface area (Å²) in [5.74, 6) is -0.110. The highest BCUT2D eigenvalue weighted by Crippen LogP contribution is 2.28. The molecule has 1 aromatic carbocycles. The molecule has 0 radical (unpaired) electrons. The molecule has 0 unspecified atom stereocenters. The molecular weight excluding hydrogens is 324 g/mol. The normalized spacial score (nSPS) is 10.2. The summed E-state index contributed by atoms with van der Waals surface area (Å²) in [7, 11) is 0. The SMILES string of the molecule is O=Cc1c(Cl)ncnc1Nc1ccc(F)cc1Br. The van der Waals surface area contributed by atoms with Gasteiger partial charge in [-0.25, -0.2) is 14.4 Å². The lowest BCUT2D eigenvalue weighted by Gasteiger charge is -2.09. The summed E-state index contributed by atoms with van der Waals surface area (Å²) in [6, 6.07) is 4.10. The Kier molecular flexibility index (Phi) is 3.88. The lowest BCUT2D eigenvalue weighted by atomic mass is 10.3. The molecule has 7 heteroatoms. The standard InChI is InChI=1S/C11H6BrClFN3O/c12-8-3-6(14)1-2-9(8)17-11-7(4-18)10(13)15-5-16-11/h1-5H,(H,15,16,17). The fraction of sp³-hybridized carbons (Fsp3) is 0. The number of aldehydes is 1. The minimum Gasteiger partial charge on any atom is -0.339 e. The van der Waals surface area contributed by atoms with E-state index in [-0.39, 0.29) is 22.4 Å². The predicted molar refractivity (Wildman–Crippen MR) is 69.8 cm³/mol. The zero-order valence-corrected chi connectivity index (χ0v) is 11.2. The first-order chi connectivity index (χ1) is 8.61. The van der Waals surface area contributed by atoms with E-state index >= 15 is 0 Å². The number of carbonyl (C=O) groups is 1. The van der Waals surface area contributed by atoms with Gasteiger partial charge >= 0.3 is 0 Å². The number of rotatable bonds is 3. The first-order valence-electron chi connectivity index (χ1n) is 4.79. The number of halogens is 3. The van der Waals surface area contributed by atoms with Crippen molar-refractivity contribution in [2.45, 2.75) is 0 Å². The predicted octanol–water partition coefficient (Wildman–Crippen LogP) is 3.59. The smallest absolute Gasteiger partial charge is 0.156 e. The Labute approximate surface area is 115 Å². The molecule has 0 atom stereocenters. The molecule has 92 valence electrons.